The third-order valence-corrected chi connectivity index (χ3v) is 7.42. The lowest BCUT2D eigenvalue weighted by Crippen LogP contribution is -2.57. The Hall–Kier alpha value is -3.58. The van der Waals surface area contributed by atoms with E-state index in [1.54, 1.807) is 6.20 Å². The minimum Gasteiger partial charge on any atom is -0.481 e. The minimum absolute atomic E-state index is 0.199. The molecule has 1 aromatic heterocycles. The molecule has 12 nitrogen and oxygen atoms in total. The first-order valence-corrected chi connectivity index (χ1v) is 14.2. The highest BCUT2D eigenvalue weighted by Crippen LogP contribution is 2.21. The summed E-state index contributed by atoms with van der Waals surface area (Å²) in [6, 6.07) is 3.37. The van der Waals surface area contributed by atoms with Crippen LogP contribution in [0.4, 0.5) is 0 Å². The number of thioether (sulfide) groups is 1. The van der Waals surface area contributed by atoms with E-state index < -0.39 is 60.2 Å². The predicted molar refractivity (Wildman–Crippen MR) is 146 cm³/mol. The molecule has 3 amide bonds. The number of carboxylic acids is 2. The Balaban J connectivity index is 1.71. The molecule has 0 saturated carbocycles. The molecule has 2 aromatic rings. The maximum atomic E-state index is 13.3. The Bertz CT molecular complexity index is 1200. The lowest BCUT2D eigenvalue weighted by atomic mass is 10.0. The van der Waals surface area contributed by atoms with Gasteiger partial charge in [-0.05, 0) is 55.7 Å². The summed E-state index contributed by atoms with van der Waals surface area (Å²) in [5, 5.41) is 24.8. The van der Waals surface area contributed by atoms with Gasteiger partial charge in [-0.3, -0.25) is 19.2 Å². The van der Waals surface area contributed by atoms with Gasteiger partial charge in [0.25, 0.3) is 0 Å². The van der Waals surface area contributed by atoms with Crippen LogP contribution in [-0.4, -0.2) is 92.5 Å². The first-order chi connectivity index (χ1) is 18.6. The number of H-pyrrole nitrogens is 1. The number of hydrogen-bond acceptors (Lipinski definition) is 7. The summed E-state index contributed by atoms with van der Waals surface area (Å²) in [6.07, 6.45) is 4.27. The number of fused-ring (bicyclic) bond motifs is 1. The van der Waals surface area contributed by atoms with Crippen LogP contribution >= 0.6 is 11.8 Å². The van der Waals surface area contributed by atoms with Gasteiger partial charge in [-0.2, -0.15) is 11.8 Å². The van der Waals surface area contributed by atoms with Crippen LogP contribution in [0.2, 0.25) is 0 Å². The third-order valence-electron chi connectivity index (χ3n) is 6.78. The lowest BCUT2D eigenvalue weighted by molar-refractivity contribution is -0.150. The molecule has 1 saturated heterocycles. The number of amides is 3. The van der Waals surface area contributed by atoms with E-state index in [1.807, 2.05) is 30.5 Å². The maximum absolute atomic E-state index is 13.3. The molecule has 1 aliphatic heterocycles. The molecule has 0 bridgehead atoms. The molecule has 1 aliphatic rings. The summed E-state index contributed by atoms with van der Waals surface area (Å²) in [7, 11) is 0. The first-order valence-electron chi connectivity index (χ1n) is 12.8. The second-order valence-electron chi connectivity index (χ2n) is 9.53. The van der Waals surface area contributed by atoms with Crippen molar-refractivity contribution >= 4 is 52.3 Å². The average Bonchev–Trinajstić information content (AvgIpc) is 3.56. The highest BCUT2D eigenvalue weighted by molar-refractivity contribution is 7.98. The second-order valence-corrected chi connectivity index (χ2v) is 10.5. The van der Waals surface area contributed by atoms with Gasteiger partial charge < -0.3 is 36.5 Å². The van der Waals surface area contributed by atoms with Crippen LogP contribution in [0, 0.1) is 0 Å². The number of benzene rings is 1. The third kappa shape index (κ3) is 7.96. The summed E-state index contributed by atoms with van der Waals surface area (Å²) >= 11 is 1.47. The van der Waals surface area contributed by atoms with Crippen LogP contribution in [0.3, 0.4) is 0 Å². The number of hydrogen-bond donors (Lipinski definition) is 6. The number of nitrogens with one attached hydrogen (secondary N) is 3. The smallest absolute Gasteiger partial charge is 0.326 e. The quantitative estimate of drug-likeness (QED) is 0.192. The molecule has 1 fully saturated rings. The van der Waals surface area contributed by atoms with Gasteiger partial charge in [-0.15, -0.1) is 0 Å². The largest absolute Gasteiger partial charge is 0.481 e. The van der Waals surface area contributed by atoms with E-state index in [4.69, 9.17) is 10.8 Å². The lowest BCUT2D eigenvalue weighted by Gasteiger charge is -2.28. The molecule has 4 unspecified atom stereocenters. The Labute approximate surface area is 230 Å². The zero-order chi connectivity index (χ0) is 28.5. The van der Waals surface area contributed by atoms with E-state index in [0.29, 0.717) is 12.2 Å². The van der Waals surface area contributed by atoms with Crippen LogP contribution in [0.1, 0.15) is 37.7 Å². The van der Waals surface area contributed by atoms with Gasteiger partial charge in [0, 0.05) is 30.1 Å². The normalized spacial score (nSPS) is 17.4. The van der Waals surface area contributed by atoms with Gasteiger partial charge in [0.15, 0.2) is 0 Å². The van der Waals surface area contributed by atoms with Gasteiger partial charge in [0.05, 0.1) is 6.04 Å². The summed E-state index contributed by atoms with van der Waals surface area (Å²) in [6.45, 7) is 0.199. The van der Waals surface area contributed by atoms with E-state index >= 15 is 0 Å². The first kappa shape index (κ1) is 30.0. The number of para-hydroxylation sites is 1. The van der Waals surface area contributed by atoms with Crippen LogP contribution in [0.5, 0.6) is 0 Å². The molecular formula is C26H35N5O7S. The van der Waals surface area contributed by atoms with E-state index in [1.165, 1.54) is 16.7 Å². The SMILES string of the molecule is CSCCC(NC(=O)C(N)Cc1c[nH]c2ccccc12)C(=O)NC(CCC(=O)O)C(=O)N1CCCC1C(=O)O. The maximum Gasteiger partial charge on any atom is 0.326 e. The predicted octanol–water partition coefficient (Wildman–Crippen LogP) is 0.701. The number of nitrogens with zero attached hydrogens (tertiary/aromatic N) is 1. The Morgan fingerprint density at radius 2 is 1.82 bits per heavy atom. The average molecular weight is 562 g/mol. The van der Waals surface area contributed by atoms with Crippen LogP contribution < -0.4 is 16.4 Å². The van der Waals surface area contributed by atoms with Gasteiger partial charge >= 0.3 is 11.9 Å². The van der Waals surface area contributed by atoms with Crippen molar-refractivity contribution in [2.45, 2.75) is 62.7 Å². The summed E-state index contributed by atoms with van der Waals surface area (Å²) < 4.78 is 0. The van der Waals surface area contributed by atoms with Gasteiger partial charge in [-0.1, -0.05) is 18.2 Å². The fourth-order valence-electron chi connectivity index (χ4n) is 4.70. The van der Waals surface area contributed by atoms with Crippen LogP contribution in [-0.2, 0) is 30.4 Å². The van der Waals surface area contributed by atoms with E-state index in [9.17, 15) is 29.1 Å². The Morgan fingerprint density at radius 3 is 2.51 bits per heavy atom. The molecule has 2 heterocycles. The van der Waals surface area contributed by atoms with Gasteiger partial charge in [0.1, 0.15) is 18.1 Å². The van der Waals surface area contributed by atoms with Crippen molar-refractivity contribution in [1.82, 2.24) is 20.5 Å². The summed E-state index contributed by atoms with van der Waals surface area (Å²) in [4.78, 5) is 66.6. The fraction of sp³-hybridized carbons (Fsp3) is 0.500. The number of aromatic amines is 1. The number of aromatic nitrogens is 1. The van der Waals surface area contributed by atoms with E-state index in [2.05, 4.69) is 15.6 Å². The number of carbonyl (C=O) groups is 5. The number of nitrogens with two attached hydrogens (primary N) is 1. The number of likely N-dealkylation sites (tertiary alicyclic amines) is 1. The molecular weight excluding hydrogens is 526 g/mol. The molecule has 13 heteroatoms. The Morgan fingerprint density at radius 1 is 1.10 bits per heavy atom. The zero-order valence-electron chi connectivity index (χ0n) is 21.7. The van der Waals surface area contributed by atoms with E-state index in [-0.39, 0.29) is 32.2 Å². The summed E-state index contributed by atoms with van der Waals surface area (Å²) in [5.74, 6) is -3.64. The highest BCUT2D eigenvalue weighted by Gasteiger charge is 2.38. The van der Waals surface area contributed by atoms with Gasteiger partial charge in [0.2, 0.25) is 17.7 Å². The molecule has 0 spiro atoms. The van der Waals surface area contributed by atoms with E-state index in [0.717, 1.165) is 16.5 Å². The topological polar surface area (TPSA) is 195 Å². The molecule has 3 rings (SSSR count). The number of carbonyl (C=O) groups excluding carboxylic acids is 3. The number of rotatable bonds is 14. The standard InChI is InChI=1S/C26H35N5O7S/c1-39-12-10-19(29-23(34)17(27)13-15-14-28-18-6-3-2-5-16(15)18)24(35)30-20(8-9-22(32)33)25(36)31-11-4-7-21(31)26(37)38/h2-3,5-6,14,17,19-21,28H,4,7-13,27H2,1H3,(H,29,34)(H,30,35)(H,32,33)(H,37,38). The molecule has 39 heavy (non-hydrogen) atoms. The van der Waals surface area contributed by atoms with Crippen molar-refractivity contribution in [1.29, 1.82) is 0 Å². The molecule has 0 radical (unpaired) electrons. The minimum atomic E-state index is -1.25. The van der Waals surface area contributed by atoms with Gasteiger partial charge in [-0.25, -0.2) is 4.79 Å². The molecule has 4 atom stereocenters. The molecule has 0 aliphatic carbocycles. The van der Waals surface area contributed by atoms with Crippen molar-refractivity contribution in [3.63, 3.8) is 0 Å². The Kier molecular flexibility index (Phi) is 10.8. The van der Waals surface area contributed by atoms with Crippen molar-refractivity contribution in [3.05, 3.63) is 36.0 Å². The van der Waals surface area contributed by atoms with Crippen LogP contribution in [0.15, 0.2) is 30.5 Å². The van der Waals surface area contributed by atoms with Crippen molar-refractivity contribution in [2.24, 2.45) is 5.73 Å². The second kappa shape index (κ2) is 14.0. The molecule has 1 aromatic carbocycles. The van der Waals surface area contributed by atoms with Crippen LogP contribution in [0.25, 0.3) is 10.9 Å². The monoisotopic (exact) mass is 561 g/mol. The zero-order valence-corrected chi connectivity index (χ0v) is 22.5. The molecule has 212 valence electrons. The van der Waals surface area contributed by atoms with Crippen molar-refractivity contribution in [3.8, 4) is 0 Å². The molecule has 7 N–H and O–H groups in total. The summed E-state index contributed by atoms with van der Waals surface area (Å²) in [5.41, 5.74) is 7.96. The fourth-order valence-corrected chi connectivity index (χ4v) is 5.17. The van der Waals surface area contributed by atoms with Crippen molar-refractivity contribution in [2.75, 3.05) is 18.6 Å². The van der Waals surface area contributed by atoms with Crippen molar-refractivity contribution < 1.29 is 34.2 Å². The highest BCUT2D eigenvalue weighted by atomic mass is 32.2. The number of carboxylic acid groups (broad SMARTS) is 2. The number of aliphatic carboxylic acids is 2.